The van der Waals surface area contributed by atoms with Crippen LogP contribution in [-0.2, 0) is 0 Å². The van der Waals surface area contributed by atoms with Gasteiger partial charge < -0.3 is 5.73 Å². The first-order valence-corrected chi connectivity index (χ1v) is 6.94. The van der Waals surface area contributed by atoms with Crippen molar-refractivity contribution in [2.24, 2.45) is 11.7 Å². The minimum Gasteiger partial charge on any atom is -0.327 e. The molecule has 2 rings (SSSR count). The van der Waals surface area contributed by atoms with Crippen LogP contribution in [0.5, 0.6) is 0 Å². The molecule has 3 atom stereocenters. The van der Waals surface area contributed by atoms with E-state index in [1.165, 1.54) is 42.4 Å². The maximum Gasteiger partial charge on any atom is 0.0108 e. The quantitative estimate of drug-likeness (QED) is 0.820. The second-order valence-corrected chi connectivity index (χ2v) is 5.78. The topological polar surface area (TPSA) is 26.0 Å². The Balaban J connectivity index is 2.24. The Morgan fingerprint density at radius 1 is 1.12 bits per heavy atom. The predicted molar refractivity (Wildman–Crippen MR) is 74.3 cm³/mol. The number of aryl methyl sites for hydroxylation is 2. The molecule has 17 heavy (non-hydrogen) atoms. The van der Waals surface area contributed by atoms with Crippen LogP contribution in [0.3, 0.4) is 0 Å². The Kier molecular flexibility index (Phi) is 3.88. The van der Waals surface area contributed by atoms with Gasteiger partial charge in [-0.1, -0.05) is 42.7 Å². The Morgan fingerprint density at radius 2 is 1.76 bits per heavy atom. The molecule has 0 amide bonds. The molecule has 2 N–H and O–H groups in total. The van der Waals surface area contributed by atoms with Crippen LogP contribution in [0.2, 0.25) is 0 Å². The van der Waals surface area contributed by atoms with Crippen LogP contribution in [0.4, 0.5) is 0 Å². The molecule has 0 heterocycles. The van der Waals surface area contributed by atoms with E-state index in [0.717, 1.165) is 5.92 Å². The Bertz CT molecular complexity index is 363. The molecule has 1 saturated carbocycles. The van der Waals surface area contributed by atoms with Crippen molar-refractivity contribution >= 4 is 0 Å². The van der Waals surface area contributed by atoms with Crippen molar-refractivity contribution < 1.29 is 0 Å². The summed E-state index contributed by atoms with van der Waals surface area (Å²) in [6.07, 6.45) is 5.09. The molecule has 1 nitrogen and oxygen atoms in total. The van der Waals surface area contributed by atoms with E-state index in [-0.39, 0.29) is 0 Å². The zero-order valence-electron chi connectivity index (χ0n) is 11.4. The van der Waals surface area contributed by atoms with Crippen molar-refractivity contribution in [2.45, 2.75) is 58.4 Å². The second-order valence-electron chi connectivity index (χ2n) is 5.78. The second kappa shape index (κ2) is 5.22. The Labute approximate surface area is 105 Å². The number of hydrogen-bond donors (Lipinski definition) is 1. The molecule has 0 radical (unpaired) electrons. The SMILES string of the molecule is CCC1CCC(N)C(c2cc(C)cc(C)c2)C1. The highest BCUT2D eigenvalue weighted by Gasteiger charge is 2.28. The van der Waals surface area contributed by atoms with Crippen molar-refractivity contribution in [3.63, 3.8) is 0 Å². The monoisotopic (exact) mass is 231 g/mol. The summed E-state index contributed by atoms with van der Waals surface area (Å²) in [4.78, 5) is 0. The van der Waals surface area contributed by atoms with Gasteiger partial charge in [-0.15, -0.1) is 0 Å². The number of benzene rings is 1. The lowest BCUT2D eigenvalue weighted by Gasteiger charge is -2.34. The van der Waals surface area contributed by atoms with Crippen LogP contribution >= 0.6 is 0 Å². The van der Waals surface area contributed by atoms with E-state index in [2.05, 4.69) is 39.0 Å². The lowest BCUT2D eigenvalue weighted by molar-refractivity contribution is 0.282. The zero-order valence-corrected chi connectivity index (χ0v) is 11.4. The van der Waals surface area contributed by atoms with Crippen molar-refractivity contribution in [2.75, 3.05) is 0 Å². The van der Waals surface area contributed by atoms with Crippen LogP contribution < -0.4 is 5.73 Å². The van der Waals surface area contributed by atoms with Gasteiger partial charge in [0.2, 0.25) is 0 Å². The molecule has 0 aliphatic heterocycles. The van der Waals surface area contributed by atoms with Gasteiger partial charge in [0.15, 0.2) is 0 Å². The van der Waals surface area contributed by atoms with E-state index in [1.807, 2.05) is 0 Å². The van der Waals surface area contributed by atoms with E-state index < -0.39 is 0 Å². The van der Waals surface area contributed by atoms with Gasteiger partial charge in [-0.2, -0.15) is 0 Å². The lowest BCUT2D eigenvalue weighted by atomic mass is 9.74. The molecule has 0 aromatic heterocycles. The molecule has 1 aliphatic rings. The molecule has 0 saturated heterocycles. The van der Waals surface area contributed by atoms with Crippen molar-refractivity contribution in [3.05, 3.63) is 34.9 Å². The molecule has 3 unspecified atom stereocenters. The normalized spacial score (nSPS) is 29.3. The summed E-state index contributed by atoms with van der Waals surface area (Å²) in [7, 11) is 0. The van der Waals surface area contributed by atoms with Gasteiger partial charge in [-0.05, 0) is 50.5 Å². The van der Waals surface area contributed by atoms with Crippen molar-refractivity contribution in [1.82, 2.24) is 0 Å². The first-order valence-electron chi connectivity index (χ1n) is 6.94. The summed E-state index contributed by atoms with van der Waals surface area (Å²) >= 11 is 0. The van der Waals surface area contributed by atoms with Gasteiger partial charge in [-0.25, -0.2) is 0 Å². The fourth-order valence-corrected chi connectivity index (χ4v) is 3.26. The third kappa shape index (κ3) is 2.90. The molecule has 1 aromatic rings. The number of rotatable bonds is 2. The fourth-order valence-electron chi connectivity index (χ4n) is 3.26. The number of hydrogen-bond acceptors (Lipinski definition) is 1. The van der Waals surface area contributed by atoms with Gasteiger partial charge in [0.25, 0.3) is 0 Å². The summed E-state index contributed by atoms with van der Waals surface area (Å²) in [6, 6.07) is 7.26. The van der Waals surface area contributed by atoms with Gasteiger partial charge in [-0.3, -0.25) is 0 Å². The minimum absolute atomic E-state index is 0.360. The zero-order chi connectivity index (χ0) is 12.4. The summed E-state index contributed by atoms with van der Waals surface area (Å²) in [5.74, 6) is 1.45. The predicted octanol–water partition coefficient (Wildman–Crippen LogP) is 3.92. The maximum absolute atomic E-state index is 6.33. The van der Waals surface area contributed by atoms with Gasteiger partial charge in [0.05, 0.1) is 0 Å². The van der Waals surface area contributed by atoms with Gasteiger partial charge in [0.1, 0.15) is 0 Å². The van der Waals surface area contributed by atoms with Crippen LogP contribution in [-0.4, -0.2) is 6.04 Å². The first-order chi connectivity index (χ1) is 8.10. The summed E-state index contributed by atoms with van der Waals surface area (Å²) < 4.78 is 0. The fraction of sp³-hybridized carbons (Fsp3) is 0.625. The molecular formula is C16H25N. The summed E-state index contributed by atoms with van der Waals surface area (Å²) in [6.45, 7) is 6.67. The van der Waals surface area contributed by atoms with Gasteiger partial charge in [0, 0.05) is 6.04 Å². The summed E-state index contributed by atoms with van der Waals surface area (Å²) in [5, 5.41) is 0. The molecular weight excluding hydrogens is 206 g/mol. The van der Waals surface area contributed by atoms with Gasteiger partial charge >= 0.3 is 0 Å². The van der Waals surface area contributed by atoms with E-state index in [9.17, 15) is 0 Å². The average Bonchev–Trinajstić information content (AvgIpc) is 2.28. The van der Waals surface area contributed by atoms with Crippen LogP contribution in [0, 0.1) is 19.8 Å². The molecule has 1 fully saturated rings. The molecule has 0 bridgehead atoms. The standard InChI is InChI=1S/C16H25N/c1-4-13-5-6-16(17)15(10-13)14-8-11(2)7-12(3)9-14/h7-9,13,15-16H,4-6,10,17H2,1-3H3. The van der Waals surface area contributed by atoms with E-state index in [1.54, 1.807) is 0 Å². The van der Waals surface area contributed by atoms with Crippen molar-refractivity contribution in [3.8, 4) is 0 Å². The third-order valence-corrected chi connectivity index (χ3v) is 4.26. The lowest BCUT2D eigenvalue weighted by Crippen LogP contribution is -2.34. The molecule has 1 aliphatic carbocycles. The van der Waals surface area contributed by atoms with E-state index in [4.69, 9.17) is 5.73 Å². The Hall–Kier alpha value is -0.820. The number of nitrogens with two attached hydrogens (primary N) is 1. The smallest absolute Gasteiger partial charge is 0.0108 e. The summed E-state index contributed by atoms with van der Waals surface area (Å²) in [5.41, 5.74) is 10.5. The van der Waals surface area contributed by atoms with Crippen LogP contribution in [0.25, 0.3) is 0 Å². The van der Waals surface area contributed by atoms with Crippen LogP contribution in [0.1, 0.15) is 55.2 Å². The molecule has 94 valence electrons. The highest BCUT2D eigenvalue weighted by Crippen LogP contribution is 2.37. The van der Waals surface area contributed by atoms with Crippen LogP contribution in [0.15, 0.2) is 18.2 Å². The Morgan fingerprint density at radius 3 is 2.35 bits per heavy atom. The highest BCUT2D eigenvalue weighted by atomic mass is 14.7. The highest BCUT2D eigenvalue weighted by molar-refractivity contribution is 5.32. The van der Waals surface area contributed by atoms with E-state index in [0.29, 0.717) is 12.0 Å². The first kappa shape index (κ1) is 12.6. The maximum atomic E-state index is 6.33. The largest absolute Gasteiger partial charge is 0.327 e. The minimum atomic E-state index is 0.360. The van der Waals surface area contributed by atoms with E-state index >= 15 is 0 Å². The van der Waals surface area contributed by atoms with Crippen molar-refractivity contribution in [1.29, 1.82) is 0 Å². The molecule has 1 aromatic carbocycles. The average molecular weight is 231 g/mol. The molecule has 0 spiro atoms. The molecule has 1 heteroatoms. The third-order valence-electron chi connectivity index (χ3n) is 4.26.